The normalized spacial score (nSPS) is 10.8. The summed E-state index contributed by atoms with van der Waals surface area (Å²) < 4.78 is 1.86. The number of aromatic nitrogens is 3. The van der Waals surface area contributed by atoms with Crippen LogP contribution in [0, 0.1) is 0 Å². The van der Waals surface area contributed by atoms with Crippen LogP contribution in [0.5, 0.6) is 0 Å². The smallest absolute Gasteiger partial charge is 0.212 e. The quantitative estimate of drug-likeness (QED) is 0.543. The standard InChI is InChI=1S/C19H13N3O/c23-19(14-6-2-1-3-7-14)17-13-22-12-15(9-10-18(22)21-17)16-8-4-5-11-20-16/h1-13H. The monoisotopic (exact) mass is 299 g/mol. The lowest BCUT2D eigenvalue weighted by atomic mass is 10.1. The van der Waals surface area contributed by atoms with Gasteiger partial charge in [-0.15, -0.1) is 0 Å². The van der Waals surface area contributed by atoms with Crippen LogP contribution in [-0.4, -0.2) is 20.2 Å². The highest BCUT2D eigenvalue weighted by Gasteiger charge is 2.13. The van der Waals surface area contributed by atoms with E-state index in [0.717, 1.165) is 16.9 Å². The summed E-state index contributed by atoms with van der Waals surface area (Å²) in [6.07, 6.45) is 5.46. The molecule has 23 heavy (non-hydrogen) atoms. The highest BCUT2D eigenvalue weighted by molar-refractivity contribution is 6.07. The van der Waals surface area contributed by atoms with Crippen molar-refractivity contribution in [1.29, 1.82) is 0 Å². The lowest BCUT2D eigenvalue weighted by Gasteiger charge is -2.00. The molecule has 0 unspecified atom stereocenters. The first-order valence-corrected chi connectivity index (χ1v) is 7.31. The Morgan fingerprint density at radius 3 is 2.48 bits per heavy atom. The summed E-state index contributed by atoms with van der Waals surface area (Å²) in [5.41, 5.74) is 3.69. The van der Waals surface area contributed by atoms with Crippen LogP contribution in [0.2, 0.25) is 0 Å². The molecule has 4 rings (SSSR count). The fourth-order valence-corrected chi connectivity index (χ4v) is 2.52. The Morgan fingerprint density at radius 1 is 0.870 bits per heavy atom. The Kier molecular flexibility index (Phi) is 3.20. The summed E-state index contributed by atoms with van der Waals surface area (Å²) >= 11 is 0. The number of nitrogens with zero attached hydrogens (tertiary/aromatic N) is 3. The molecule has 0 fully saturated rings. The average molecular weight is 299 g/mol. The molecule has 110 valence electrons. The lowest BCUT2D eigenvalue weighted by molar-refractivity contribution is 0.103. The van der Waals surface area contributed by atoms with Crippen molar-refractivity contribution in [2.75, 3.05) is 0 Å². The first-order chi connectivity index (χ1) is 11.3. The molecule has 0 saturated carbocycles. The molecule has 0 aliphatic rings. The number of hydrogen-bond donors (Lipinski definition) is 0. The van der Waals surface area contributed by atoms with E-state index in [9.17, 15) is 4.79 Å². The third-order valence-electron chi connectivity index (χ3n) is 3.68. The number of pyridine rings is 2. The third-order valence-corrected chi connectivity index (χ3v) is 3.68. The molecule has 0 spiro atoms. The van der Waals surface area contributed by atoms with Gasteiger partial charge in [0.25, 0.3) is 0 Å². The first kappa shape index (κ1) is 13.4. The van der Waals surface area contributed by atoms with Gasteiger partial charge in [-0.3, -0.25) is 9.78 Å². The maximum atomic E-state index is 12.5. The number of rotatable bonds is 3. The summed E-state index contributed by atoms with van der Waals surface area (Å²) in [4.78, 5) is 21.2. The summed E-state index contributed by atoms with van der Waals surface area (Å²) in [5.74, 6) is -0.0753. The van der Waals surface area contributed by atoms with Gasteiger partial charge in [0.05, 0.1) is 5.69 Å². The van der Waals surface area contributed by atoms with Crippen molar-refractivity contribution in [3.63, 3.8) is 0 Å². The zero-order valence-corrected chi connectivity index (χ0v) is 12.3. The fraction of sp³-hybridized carbons (Fsp3) is 0. The first-order valence-electron chi connectivity index (χ1n) is 7.31. The van der Waals surface area contributed by atoms with Crippen LogP contribution in [-0.2, 0) is 0 Å². The molecule has 0 amide bonds. The molecule has 3 heterocycles. The van der Waals surface area contributed by atoms with Gasteiger partial charge in [0.2, 0.25) is 5.78 Å². The van der Waals surface area contributed by atoms with Crippen molar-refractivity contribution in [2.45, 2.75) is 0 Å². The number of hydrogen-bond acceptors (Lipinski definition) is 3. The van der Waals surface area contributed by atoms with Crippen molar-refractivity contribution in [2.24, 2.45) is 0 Å². The predicted molar refractivity (Wildman–Crippen MR) is 88.3 cm³/mol. The van der Waals surface area contributed by atoms with E-state index in [1.165, 1.54) is 0 Å². The highest BCUT2D eigenvalue weighted by Crippen LogP contribution is 2.18. The van der Waals surface area contributed by atoms with Gasteiger partial charge in [0, 0.05) is 29.7 Å². The predicted octanol–water partition coefficient (Wildman–Crippen LogP) is 3.63. The number of carbonyl (C=O) groups is 1. The van der Waals surface area contributed by atoms with Crippen molar-refractivity contribution < 1.29 is 4.79 Å². The molecular weight excluding hydrogens is 286 g/mol. The second kappa shape index (κ2) is 5.50. The molecular formula is C19H13N3O. The molecule has 0 aliphatic carbocycles. The van der Waals surface area contributed by atoms with E-state index in [0.29, 0.717) is 11.3 Å². The minimum atomic E-state index is -0.0753. The molecule has 0 radical (unpaired) electrons. The lowest BCUT2D eigenvalue weighted by Crippen LogP contribution is -2.00. The molecule has 0 N–H and O–H groups in total. The molecule has 1 aromatic carbocycles. The second-order valence-corrected chi connectivity index (χ2v) is 5.22. The van der Waals surface area contributed by atoms with E-state index < -0.39 is 0 Å². The fourth-order valence-electron chi connectivity index (χ4n) is 2.52. The summed E-state index contributed by atoms with van der Waals surface area (Å²) in [6.45, 7) is 0. The Labute approximate surface area is 133 Å². The van der Waals surface area contributed by atoms with Crippen LogP contribution in [0.3, 0.4) is 0 Å². The van der Waals surface area contributed by atoms with Gasteiger partial charge in [-0.2, -0.15) is 0 Å². The van der Waals surface area contributed by atoms with Gasteiger partial charge < -0.3 is 4.40 Å². The van der Waals surface area contributed by atoms with Crippen molar-refractivity contribution in [3.8, 4) is 11.3 Å². The van der Waals surface area contributed by atoms with Gasteiger partial charge >= 0.3 is 0 Å². The van der Waals surface area contributed by atoms with Crippen LogP contribution < -0.4 is 0 Å². The molecule has 4 nitrogen and oxygen atoms in total. The van der Waals surface area contributed by atoms with E-state index in [2.05, 4.69) is 9.97 Å². The number of carbonyl (C=O) groups excluding carboxylic acids is 1. The van der Waals surface area contributed by atoms with E-state index >= 15 is 0 Å². The minimum absolute atomic E-state index is 0.0753. The topological polar surface area (TPSA) is 47.3 Å². The number of ketones is 1. The summed E-state index contributed by atoms with van der Waals surface area (Å²) in [6, 6.07) is 18.8. The molecule has 0 aliphatic heterocycles. The van der Waals surface area contributed by atoms with Crippen molar-refractivity contribution in [1.82, 2.24) is 14.4 Å². The van der Waals surface area contributed by atoms with E-state index in [1.807, 2.05) is 59.1 Å². The SMILES string of the molecule is O=C(c1ccccc1)c1cn2cc(-c3ccccn3)ccc2n1. The molecule has 0 saturated heterocycles. The van der Waals surface area contributed by atoms with Gasteiger partial charge in [-0.1, -0.05) is 36.4 Å². The van der Waals surface area contributed by atoms with Crippen LogP contribution in [0.25, 0.3) is 16.9 Å². The van der Waals surface area contributed by atoms with Gasteiger partial charge in [-0.25, -0.2) is 4.98 Å². The largest absolute Gasteiger partial charge is 0.306 e. The molecule has 0 bridgehead atoms. The Morgan fingerprint density at radius 2 is 1.70 bits per heavy atom. The highest BCUT2D eigenvalue weighted by atomic mass is 16.1. The van der Waals surface area contributed by atoms with Crippen molar-refractivity contribution >= 4 is 11.4 Å². The van der Waals surface area contributed by atoms with E-state index in [1.54, 1.807) is 24.5 Å². The Balaban J connectivity index is 1.75. The number of fused-ring (bicyclic) bond motifs is 1. The zero-order valence-electron chi connectivity index (χ0n) is 12.3. The number of benzene rings is 1. The molecule has 4 heteroatoms. The van der Waals surface area contributed by atoms with Gasteiger partial charge in [0.1, 0.15) is 11.3 Å². The average Bonchev–Trinajstić information content (AvgIpc) is 3.06. The Bertz CT molecular complexity index is 975. The third kappa shape index (κ3) is 2.51. The molecule has 4 aromatic rings. The number of imidazole rings is 1. The van der Waals surface area contributed by atoms with Crippen LogP contribution in [0.15, 0.2) is 79.3 Å². The van der Waals surface area contributed by atoms with Crippen molar-refractivity contribution in [3.05, 3.63) is 90.5 Å². The van der Waals surface area contributed by atoms with Gasteiger partial charge in [0.15, 0.2) is 0 Å². The maximum Gasteiger partial charge on any atom is 0.212 e. The van der Waals surface area contributed by atoms with E-state index in [4.69, 9.17) is 0 Å². The zero-order chi connectivity index (χ0) is 15.6. The van der Waals surface area contributed by atoms with E-state index in [-0.39, 0.29) is 5.78 Å². The maximum absolute atomic E-state index is 12.5. The molecule has 0 atom stereocenters. The molecule has 3 aromatic heterocycles. The van der Waals surface area contributed by atoms with Crippen LogP contribution in [0.4, 0.5) is 0 Å². The van der Waals surface area contributed by atoms with Crippen LogP contribution >= 0.6 is 0 Å². The minimum Gasteiger partial charge on any atom is -0.306 e. The summed E-state index contributed by atoms with van der Waals surface area (Å²) in [7, 11) is 0. The summed E-state index contributed by atoms with van der Waals surface area (Å²) in [5, 5.41) is 0. The van der Waals surface area contributed by atoms with Crippen LogP contribution in [0.1, 0.15) is 16.1 Å². The second-order valence-electron chi connectivity index (χ2n) is 5.22. The van der Waals surface area contributed by atoms with Gasteiger partial charge in [-0.05, 0) is 24.3 Å². The Hall–Kier alpha value is -3.27.